The average molecular weight is 863 g/mol. The van der Waals surface area contributed by atoms with Crippen molar-refractivity contribution >= 4 is 78.3 Å². The van der Waals surface area contributed by atoms with E-state index >= 15 is 0 Å². The topological polar surface area (TPSA) is 18.5 Å². The number of fused-ring (bicyclic) bond motifs is 1. The molecule has 218 valence electrons. The van der Waals surface area contributed by atoms with Gasteiger partial charge in [-0.15, -0.1) is 0 Å². The van der Waals surface area contributed by atoms with E-state index in [9.17, 15) is 0 Å². The van der Waals surface area contributed by atoms with Crippen LogP contribution in [0.25, 0.3) is 8.81 Å². The second kappa shape index (κ2) is 15.9. The van der Waals surface area contributed by atoms with Crippen molar-refractivity contribution in [2.24, 2.45) is 5.41 Å². The predicted molar refractivity (Wildman–Crippen MR) is 187 cm³/mol. The third-order valence-electron chi connectivity index (χ3n) is 8.07. The van der Waals surface area contributed by atoms with Crippen molar-refractivity contribution in [3.05, 3.63) is 79.7 Å². The van der Waals surface area contributed by atoms with Crippen molar-refractivity contribution in [3.63, 3.8) is 0 Å². The fraction of sp³-hybridized carbons (Fsp3) is 0.515. The van der Waals surface area contributed by atoms with Gasteiger partial charge < -0.3 is 0 Å². The van der Waals surface area contributed by atoms with Crippen LogP contribution in [0.3, 0.4) is 0 Å². The van der Waals surface area contributed by atoms with Gasteiger partial charge in [0.1, 0.15) is 0 Å². The third-order valence-corrected chi connectivity index (χ3v) is 22.5. The SMILES string of the molecule is CCCCCCOCC1(COCCCCCC)CC2=[C](c3ccc(Br)cc3)[Ge]([Br])([Br])[C](c3ccc(Br)cc3)=C2C1. The Labute approximate surface area is 275 Å². The molecule has 1 saturated carbocycles. The van der Waals surface area contributed by atoms with Gasteiger partial charge in [-0.05, 0) is 0 Å². The van der Waals surface area contributed by atoms with Gasteiger partial charge in [0.25, 0.3) is 0 Å². The van der Waals surface area contributed by atoms with E-state index in [0.717, 1.165) is 61.1 Å². The number of hydrogen-bond donors (Lipinski definition) is 0. The molecular formula is C33H42Br4GeO2. The molecule has 0 unspecified atom stereocenters. The molecule has 1 heterocycles. The first-order valence-electron chi connectivity index (χ1n) is 14.8. The Kier molecular flexibility index (Phi) is 13.2. The summed E-state index contributed by atoms with van der Waals surface area (Å²) in [5, 5.41) is 0. The van der Waals surface area contributed by atoms with Gasteiger partial charge in [-0.25, -0.2) is 0 Å². The molecule has 1 aliphatic heterocycles. The Bertz CT molecular complexity index is 1080. The van der Waals surface area contributed by atoms with Crippen molar-refractivity contribution in [3.8, 4) is 0 Å². The molecule has 7 heteroatoms. The zero-order valence-corrected chi connectivity index (χ0v) is 32.3. The van der Waals surface area contributed by atoms with Crippen LogP contribution in [0.1, 0.15) is 89.2 Å². The summed E-state index contributed by atoms with van der Waals surface area (Å²) in [5.74, 6) is 0. The first-order chi connectivity index (χ1) is 19.3. The van der Waals surface area contributed by atoms with Crippen LogP contribution < -0.4 is 0 Å². The second-order valence-corrected chi connectivity index (χ2v) is 35.6. The molecule has 0 saturated heterocycles. The minimum atomic E-state index is -2.96. The monoisotopic (exact) mass is 860 g/mol. The molecule has 0 bridgehead atoms. The van der Waals surface area contributed by atoms with Gasteiger partial charge in [-0.3, -0.25) is 0 Å². The molecule has 1 aliphatic carbocycles. The summed E-state index contributed by atoms with van der Waals surface area (Å²) in [6.45, 7) is 7.72. The maximum atomic E-state index is 6.45. The summed E-state index contributed by atoms with van der Waals surface area (Å²) in [5.41, 5.74) is 5.62. The Morgan fingerprint density at radius 3 is 1.40 bits per heavy atom. The first kappa shape index (κ1) is 33.2. The van der Waals surface area contributed by atoms with Crippen molar-refractivity contribution in [2.75, 3.05) is 26.4 Å². The minimum absolute atomic E-state index is 0.0276. The van der Waals surface area contributed by atoms with Gasteiger partial charge in [0, 0.05) is 0 Å². The molecule has 0 N–H and O–H groups in total. The molecule has 0 aromatic heterocycles. The molecule has 0 spiro atoms. The number of benzene rings is 2. The van der Waals surface area contributed by atoms with Gasteiger partial charge >= 0.3 is 277 Å². The van der Waals surface area contributed by atoms with Crippen molar-refractivity contribution in [1.29, 1.82) is 0 Å². The normalized spacial score (nSPS) is 17.6. The number of hydrogen-bond acceptors (Lipinski definition) is 2. The number of ether oxygens (including phenoxy) is 2. The third kappa shape index (κ3) is 8.27. The molecule has 0 amide bonds. The van der Waals surface area contributed by atoms with Crippen LogP contribution >= 0.6 is 59.9 Å². The van der Waals surface area contributed by atoms with Crippen LogP contribution in [0.15, 0.2) is 68.6 Å². The maximum absolute atomic E-state index is 6.45. The van der Waals surface area contributed by atoms with Gasteiger partial charge in [-0.2, -0.15) is 0 Å². The summed E-state index contributed by atoms with van der Waals surface area (Å²) >= 11 is 16.0. The molecule has 1 fully saturated rings. The molecule has 2 aromatic carbocycles. The van der Waals surface area contributed by atoms with Crippen LogP contribution in [0, 0.1) is 5.41 Å². The number of unbranched alkanes of at least 4 members (excludes halogenated alkanes) is 6. The average Bonchev–Trinajstić information content (AvgIpc) is 3.38. The van der Waals surface area contributed by atoms with Gasteiger partial charge in [-0.1, -0.05) is 0 Å². The Balaban J connectivity index is 1.68. The Morgan fingerprint density at radius 1 is 0.625 bits per heavy atom. The Morgan fingerprint density at radius 2 is 1.02 bits per heavy atom. The molecule has 2 aliphatic rings. The number of rotatable bonds is 16. The van der Waals surface area contributed by atoms with Crippen molar-refractivity contribution in [1.82, 2.24) is 0 Å². The first-order valence-corrected chi connectivity index (χ1v) is 28.4. The van der Waals surface area contributed by atoms with Crippen molar-refractivity contribution in [2.45, 2.75) is 78.1 Å². The summed E-state index contributed by atoms with van der Waals surface area (Å²) in [6.07, 6.45) is 11.9. The van der Waals surface area contributed by atoms with E-state index in [1.807, 2.05) is 0 Å². The van der Waals surface area contributed by atoms with E-state index < -0.39 is 9.58 Å². The standard InChI is InChI=1S/C33H42Br4GeO2/c1-3-5-7-9-19-39-23-33(24-40-20-10-8-6-4-2)21-29-30(22-33)32(26-13-17-28(35)18-14-26)38(36,37)31(29)25-11-15-27(34)16-12-25/h11-18H,3-10,19-24H2,1-2H3. The van der Waals surface area contributed by atoms with Gasteiger partial charge in [0.15, 0.2) is 0 Å². The Hall–Kier alpha value is 0.303. The van der Waals surface area contributed by atoms with E-state index in [2.05, 4.69) is 122 Å². The van der Waals surface area contributed by atoms with Crippen LogP contribution in [0.5, 0.6) is 0 Å². The molecule has 0 atom stereocenters. The molecular weight excluding hydrogens is 821 g/mol. The van der Waals surface area contributed by atoms with E-state index in [1.54, 1.807) is 0 Å². The van der Waals surface area contributed by atoms with Crippen LogP contribution in [0.2, 0.25) is 0 Å². The zero-order valence-electron chi connectivity index (χ0n) is 23.8. The second-order valence-electron chi connectivity index (χ2n) is 11.4. The van der Waals surface area contributed by atoms with Crippen LogP contribution in [-0.2, 0) is 9.47 Å². The quantitative estimate of drug-likeness (QED) is 0.124. The predicted octanol–water partition coefficient (Wildman–Crippen LogP) is 11.7. The fourth-order valence-electron chi connectivity index (χ4n) is 6.04. The van der Waals surface area contributed by atoms with E-state index in [0.29, 0.717) is 0 Å². The van der Waals surface area contributed by atoms with E-state index in [-0.39, 0.29) is 5.41 Å². The van der Waals surface area contributed by atoms with Crippen molar-refractivity contribution < 1.29 is 9.47 Å². The van der Waals surface area contributed by atoms with E-state index in [4.69, 9.17) is 9.47 Å². The molecule has 2 nitrogen and oxygen atoms in total. The summed E-state index contributed by atoms with van der Waals surface area (Å²) in [6, 6.07) is 17.7. The van der Waals surface area contributed by atoms with Gasteiger partial charge in [0.2, 0.25) is 0 Å². The number of halogens is 4. The van der Waals surface area contributed by atoms with E-state index in [1.165, 1.54) is 69.6 Å². The molecule has 0 radical (unpaired) electrons. The van der Waals surface area contributed by atoms with Gasteiger partial charge in [0.05, 0.1) is 0 Å². The summed E-state index contributed by atoms with van der Waals surface area (Å²) in [7, 11) is -2.96. The zero-order chi connectivity index (χ0) is 28.6. The molecule has 4 rings (SSSR count). The molecule has 40 heavy (non-hydrogen) atoms. The summed E-state index contributed by atoms with van der Waals surface area (Å²) in [4.78, 5) is 0. The molecule has 2 aromatic rings. The fourth-order valence-corrected chi connectivity index (χ4v) is 21.6. The summed E-state index contributed by atoms with van der Waals surface area (Å²) < 4.78 is 18.1. The van der Waals surface area contributed by atoms with Crippen LogP contribution in [0.4, 0.5) is 0 Å². The number of allylic oxidation sites excluding steroid dienone is 2. The van der Waals surface area contributed by atoms with Crippen LogP contribution in [-0.4, -0.2) is 36.0 Å².